The zero-order valence-electron chi connectivity index (χ0n) is 8.21. The molecule has 3 nitrogen and oxygen atoms in total. The van der Waals surface area contributed by atoms with Crippen molar-refractivity contribution in [2.45, 2.75) is 45.2 Å². The maximum absolute atomic E-state index is 8.68. The average molecular weight is 174 g/mol. The lowest BCUT2D eigenvalue weighted by atomic mass is 10.1. The molecule has 12 heavy (non-hydrogen) atoms. The van der Waals surface area contributed by atoms with Gasteiger partial charge in [0.25, 0.3) is 0 Å². The van der Waals surface area contributed by atoms with E-state index in [-0.39, 0.29) is 6.61 Å². The maximum atomic E-state index is 8.68. The quantitative estimate of drug-likeness (QED) is 0.526. The summed E-state index contributed by atoms with van der Waals surface area (Å²) in [6.45, 7) is 5.16. The molecular weight excluding hydrogens is 152 g/mol. The Morgan fingerprint density at radius 3 is 2.50 bits per heavy atom. The van der Waals surface area contributed by atoms with Crippen LogP contribution < -0.4 is 11.1 Å². The molecular formula is C9H22N2O. The Kier molecular flexibility index (Phi) is 7.45. The first-order valence-electron chi connectivity index (χ1n) is 4.81. The number of aliphatic hydroxyl groups is 1. The van der Waals surface area contributed by atoms with Gasteiger partial charge < -0.3 is 16.2 Å². The first kappa shape index (κ1) is 11.9. The summed E-state index contributed by atoms with van der Waals surface area (Å²) in [5, 5.41) is 12.1. The van der Waals surface area contributed by atoms with Gasteiger partial charge in [-0.3, -0.25) is 0 Å². The van der Waals surface area contributed by atoms with Crippen LogP contribution in [0.3, 0.4) is 0 Å². The fourth-order valence-corrected chi connectivity index (χ4v) is 1.30. The summed E-state index contributed by atoms with van der Waals surface area (Å²) in [6.07, 6.45) is 3.08. The topological polar surface area (TPSA) is 58.3 Å². The first-order chi connectivity index (χ1) is 5.74. The molecule has 0 heterocycles. The predicted molar refractivity (Wildman–Crippen MR) is 52.1 cm³/mol. The predicted octanol–water partition coefficient (Wildman–Crippen LogP) is 0.474. The van der Waals surface area contributed by atoms with Crippen LogP contribution in [0.25, 0.3) is 0 Å². The normalized spacial score (nSPS) is 16.0. The molecule has 0 aliphatic carbocycles. The zero-order valence-corrected chi connectivity index (χ0v) is 8.21. The first-order valence-corrected chi connectivity index (χ1v) is 4.81. The van der Waals surface area contributed by atoms with Crippen molar-refractivity contribution in [1.29, 1.82) is 0 Å². The lowest BCUT2D eigenvalue weighted by molar-refractivity contribution is 0.261. The van der Waals surface area contributed by atoms with Gasteiger partial charge in [-0.25, -0.2) is 0 Å². The minimum atomic E-state index is 0.248. The molecule has 0 radical (unpaired) electrons. The third-order valence-electron chi connectivity index (χ3n) is 2.00. The highest BCUT2D eigenvalue weighted by molar-refractivity contribution is 4.71. The van der Waals surface area contributed by atoms with E-state index in [1.807, 2.05) is 0 Å². The molecule has 2 unspecified atom stereocenters. The van der Waals surface area contributed by atoms with Gasteiger partial charge in [0.05, 0.1) is 0 Å². The van der Waals surface area contributed by atoms with Gasteiger partial charge in [-0.1, -0.05) is 13.3 Å². The van der Waals surface area contributed by atoms with E-state index < -0.39 is 0 Å². The number of aliphatic hydroxyl groups excluding tert-OH is 1. The third-order valence-corrected chi connectivity index (χ3v) is 2.00. The molecule has 0 bridgehead atoms. The van der Waals surface area contributed by atoms with Crippen LogP contribution in [-0.2, 0) is 0 Å². The monoisotopic (exact) mass is 174 g/mol. The van der Waals surface area contributed by atoms with Crippen LogP contribution in [0.2, 0.25) is 0 Å². The van der Waals surface area contributed by atoms with E-state index in [9.17, 15) is 0 Å². The Morgan fingerprint density at radius 1 is 1.42 bits per heavy atom. The molecule has 0 aliphatic heterocycles. The summed E-state index contributed by atoms with van der Waals surface area (Å²) >= 11 is 0. The fourth-order valence-electron chi connectivity index (χ4n) is 1.30. The largest absolute Gasteiger partial charge is 0.396 e. The van der Waals surface area contributed by atoms with Gasteiger partial charge in [0.15, 0.2) is 0 Å². The van der Waals surface area contributed by atoms with E-state index >= 15 is 0 Å². The Balaban J connectivity index is 3.53. The lowest BCUT2D eigenvalue weighted by Crippen LogP contribution is -2.41. The van der Waals surface area contributed by atoms with Gasteiger partial charge in [0, 0.05) is 25.2 Å². The molecule has 3 heteroatoms. The summed E-state index contributed by atoms with van der Waals surface area (Å²) in [6, 6.07) is 0.784. The van der Waals surface area contributed by atoms with Gasteiger partial charge in [-0.2, -0.15) is 0 Å². The summed E-state index contributed by atoms with van der Waals surface area (Å²) in [4.78, 5) is 0. The van der Waals surface area contributed by atoms with E-state index in [2.05, 4.69) is 19.2 Å². The number of nitrogens with two attached hydrogens (primary N) is 1. The number of nitrogens with one attached hydrogen (secondary N) is 1. The molecule has 0 spiro atoms. The van der Waals surface area contributed by atoms with Gasteiger partial charge in [-0.15, -0.1) is 0 Å². The average Bonchev–Trinajstić information content (AvgIpc) is 2.04. The number of hydrogen-bond donors (Lipinski definition) is 3. The molecule has 4 N–H and O–H groups in total. The van der Waals surface area contributed by atoms with Gasteiger partial charge in [0.1, 0.15) is 0 Å². The van der Waals surface area contributed by atoms with Crippen molar-refractivity contribution in [3.63, 3.8) is 0 Å². The zero-order chi connectivity index (χ0) is 9.40. The van der Waals surface area contributed by atoms with Crippen molar-refractivity contribution < 1.29 is 5.11 Å². The molecule has 0 aromatic carbocycles. The second kappa shape index (κ2) is 7.53. The van der Waals surface area contributed by atoms with Crippen molar-refractivity contribution in [2.24, 2.45) is 5.73 Å². The van der Waals surface area contributed by atoms with Crippen LogP contribution in [0.15, 0.2) is 0 Å². The van der Waals surface area contributed by atoms with Crippen LogP contribution >= 0.6 is 0 Å². The Hall–Kier alpha value is -0.120. The van der Waals surface area contributed by atoms with E-state index in [0.717, 1.165) is 19.3 Å². The van der Waals surface area contributed by atoms with Crippen LogP contribution in [0, 0.1) is 0 Å². The van der Waals surface area contributed by atoms with E-state index in [1.165, 1.54) is 0 Å². The van der Waals surface area contributed by atoms with Crippen molar-refractivity contribution in [3.8, 4) is 0 Å². The molecule has 74 valence electrons. The van der Waals surface area contributed by atoms with Crippen molar-refractivity contribution in [3.05, 3.63) is 0 Å². The Labute approximate surface area is 75.3 Å². The second-order valence-electron chi connectivity index (χ2n) is 3.30. The van der Waals surface area contributed by atoms with E-state index in [1.54, 1.807) is 0 Å². The molecule has 0 amide bonds. The minimum absolute atomic E-state index is 0.248. The highest BCUT2D eigenvalue weighted by Crippen LogP contribution is 1.98. The SMILES string of the molecule is CCCC(CN)NC(C)CCO. The standard InChI is InChI=1S/C9H22N2O/c1-3-4-9(7-10)11-8(2)5-6-12/h8-9,11-12H,3-7,10H2,1-2H3. The molecule has 0 fully saturated rings. The third kappa shape index (κ3) is 5.52. The summed E-state index contributed by atoms with van der Waals surface area (Å²) in [5.74, 6) is 0. The van der Waals surface area contributed by atoms with Crippen LogP contribution in [0.4, 0.5) is 0 Å². The Morgan fingerprint density at radius 2 is 2.08 bits per heavy atom. The fraction of sp³-hybridized carbons (Fsp3) is 1.00. The number of rotatable bonds is 7. The lowest BCUT2D eigenvalue weighted by Gasteiger charge is -2.20. The molecule has 0 saturated heterocycles. The van der Waals surface area contributed by atoms with Gasteiger partial charge >= 0.3 is 0 Å². The molecule has 0 aromatic heterocycles. The molecule has 0 aromatic rings. The summed E-state index contributed by atoms with van der Waals surface area (Å²) in [5.41, 5.74) is 5.58. The summed E-state index contributed by atoms with van der Waals surface area (Å²) in [7, 11) is 0. The van der Waals surface area contributed by atoms with E-state index in [4.69, 9.17) is 10.8 Å². The van der Waals surface area contributed by atoms with Crippen molar-refractivity contribution in [1.82, 2.24) is 5.32 Å². The van der Waals surface area contributed by atoms with Crippen LogP contribution in [0.5, 0.6) is 0 Å². The van der Waals surface area contributed by atoms with Crippen molar-refractivity contribution >= 4 is 0 Å². The molecule has 0 rings (SSSR count). The second-order valence-corrected chi connectivity index (χ2v) is 3.30. The van der Waals surface area contributed by atoms with Crippen molar-refractivity contribution in [2.75, 3.05) is 13.2 Å². The van der Waals surface area contributed by atoms with Gasteiger partial charge in [-0.05, 0) is 19.8 Å². The molecule has 0 aliphatic rings. The van der Waals surface area contributed by atoms with Crippen LogP contribution in [0.1, 0.15) is 33.1 Å². The van der Waals surface area contributed by atoms with Crippen LogP contribution in [-0.4, -0.2) is 30.3 Å². The van der Waals surface area contributed by atoms with E-state index in [0.29, 0.717) is 18.6 Å². The summed E-state index contributed by atoms with van der Waals surface area (Å²) < 4.78 is 0. The Bertz CT molecular complexity index is 98.5. The highest BCUT2D eigenvalue weighted by Gasteiger charge is 2.08. The molecule has 2 atom stereocenters. The maximum Gasteiger partial charge on any atom is 0.0445 e. The smallest absolute Gasteiger partial charge is 0.0445 e. The highest BCUT2D eigenvalue weighted by atomic mass is 16.3. The number of hydrogen-bond acceptors (Lipinski definition) is 3. The molecule has 0 saturated carbocycles. The minimum Gasteiger partial charge on any atom is -0.396 e. The van der Waals surface area contributed by atoms with Gasteiger partial charge in [0.2, 0.25) is 0 Å².